The zero-order valence-electron chi connectivity index (χ0n) is 19.3. The lowest BCUT2D eigenvalue weighted by molar-refractivity contribution is -0.140. The van der Waals surface area contributed by atoms with Gasteiger partial charge in [-0.1, -0.05) is 24.3 Å². The molecule has 0 radical (unpaired) electrons. The summed E-state index contributed by atoms with van der Waals surface area (Å²) in [4.78, 5) is 37.1. The Bertz CT molecular complexity index is 1180. The zero-order valence-corrected chi connectivity index (χ0v) is 19.3. The quantitative estimate of drug-likeness (QED) is 0.608. The average molecular weight is 459 g/mol. The summed E-state index contributed by atoms with van der Waals surface area (Å²) in [6, 6.07) is 13.6. The number of H-pyrrole nitrogens is 1. The Labute approximate surface area is 199 Å². The molecule has 2 amide bonds. The van der Waals surface area contributed by atoms with Gasteiger partial charge in [0.25, 0.3) is 0 Å². The van der Waals surface area contributed by atoms with Crippen LogP contribution in [0.5, 0.6) is 5.75 Å². The molecule has 1 aromatic carbocycles. The molecular weight excluding hydrogens is 428 g/mol. The lowest BCUT2D eigenvalue weighted by Gasteiger charge is -2.35. The summed E-state index contributed by atoms with van der Waals surface area (Å²) >= 11 is 0. The van der Waals surface area contributed by atoms with Crippen molar-refractivity contribution in [2.24, 2.45) is 5.92 Å². The number of likely N-dealkylation sites (tertiary alicyclic amines) is 1. The predicted molar refractivity (Wildman–Crippen MR) is 131 cm³/mol. The number of pyridine rings is 1. The Hall–Kier alpha value is -3.61. The number of rotatable bonds is 6. The van der Waals surface area contributed by atoms with Gasteiger partial charge in [-0.15, -0.1) is 0 Å². The topological polar surface area (TPSA) is 78.5 Å². The van der Waals surface area contributed by atoms with E-state index in [-0.39, 0.29) is 17.7 Å². The second-order valence-corrected chi connectivity index (χ2v) is 8.93. The van der Waals surface area contributed by atoms with Crippen LogP contribution in [0.4, 0.5) is 0 Å². The minimum atomic E-state index is -0.00291. The standard InChI is InChI=1S/C27H30N4O3/c32-25(12-18-34-22-5-2-1-3-6-22)30-14-10-21(11-15-30)27(33)31-16-8-20(9-17-31)24-19-29-26-23(24)7-4-13-28-26/h1-8,13,19,21H,9-12,14-18H2,(H,28,29). The molecular formula is C27H30N4O3. The van der Waals surface area contributed by atoms with Gasteiger partial charge in [-0.3, -0.25) is 9.59 Å². The van der Waals surface area contributed by atoms with Crippen LogP contribution in [0, 0.1) is 5.92 Å². The van der Waals surface area contributed by atoms with Crippen LogP contribution < -0.4 is 4.74 Å². The second-order valence-electron chi connectivity index (χ2n) is 8.93. The smallest absolute Gasteiger partial charge is 0.226 e. The van der Waals surface area contributed by atoms with Crippen molar-refractivity contribution in [3.8, 4) is 5.75 Å². The van der Waals surface area contributed by atoms with Gasteiger partial charge in [-0.05, 0) is 49.1 Å². The van der Waals surface area contributed by atoms with E-state index < -0.39 is 0 Å². The molecule has 7 heteroatoms. The first kappa shape index (κ1) is 22.2. The molecule has 0 atom stereocenters. The van der Waals surface area contributed by atoms with E-state index in [1.165, 1.54) is 11.1 Å². The van der Waals surface area contributed by atoms with Crippen molar-refractivity contribution in [2.45, 2.75) is 25.7 Å². The van der Waals surface area contributed by atoms with Gasteiger partial charge in [0, 0.05) is 55.4 Å². The van der Waals surface area contributed by atoms with E-state index >= 15 is 0 Å². The van der Waals surface area contributed by atoms with Crippen LogP contribution >= 0.6 is 0 Å². The van der Waals surface area contributed by atoms with Crippen LogP contribution in [0.1, 0.15) is 31.2 Å². The molecule has 2 aliphatic rings. The number of ether oxygens (including phenoxy) is 1. The molecule has 1 N–H and O–H groups in total. The number of benzene rings is 1. The lowest BCUT2D eigenvalue weighted by atomic mass is 9.93. The van der Waals surface area contributed by atoms with Crippen molar-refractivity contribution in [3.63, 3.8) is 0 Å². The number of amides is 2. The number of aromatic amines is 1. The van der Waals surface area contributed by atoms with Gasteiger partial charge < -0.3 is 19.5 Å². The highest BCUT2D eigenvalue weighted by molar-refractivity contribution is 5.91. The molecule has 0 unspecified atom stereocenters. The molecule has 176 valence electrons. The Kier molecular flexibility index (Phi) is 6.60. The van der Waals surface area contributed by atoms with Crippen LogP contribution in [0.3, 0.4) is 0 Å². The van der Waals surface area contributed by atoms with Gasteiger partial charge in [0.15, 0.2) is 0 Å². The molecule has 3 aromatic rings. The van der Waals surface area contributed by atoms with Crippen molar-refractivity contribution < 1.29 is 14.3 Å². The minimum Gasteiger partial charge on any atom is -0.493 e. The summed E-state index contributed by atoms with van der Waals surface area (Å²) in [7, 11) is 0. The summed E-state index contributed by atoms with van der Waals surface area (Å²) in [5, 5.41) is 1.12. The summed E-state index contributed by atoms with van der Waals surface area (Å²) < 4.78 is 5.65. The summed E-state index contributed by atoms with van der Waals surface area (Å²) in [6.07, 6.45) is 8.62. The predicted octanol–water partition coefficient (Wildman–Crippen LogP) is 3.89. The van der Waals surface area contributed by atoms with Crippen molar-refractivity contribution in [3.05, 3.63) is 66.5 Å². The number of fused-ring (bicyclic) bond motifs is 1. The van der Waals surface area contributed by atoms with E-state index in [1.807, 2.05) is 52.4 Å². The molecule has 2 aliphatic heterocycles. The Morgan fingerprint density at radius 1 is 1.03 bits per heavy atom. The number of para-hydroxylation sites is 1. The highest BCUT2D eigenvalue weighted by Crippen LogP contribution is 2.29. The Balaban J connectivity index is 1.09. The van der Waals surface area contributed by atoms with Gasteiger partial charge >= 0.3 is 0 Å². The van der Waals surface area contributed by atoms with E-state index in [0.717, 1.165) is 42.6 Å². The first-order valence-electron chi connectivity index (χ1n) is 12.0. The largest absolute Gasteiger partial charge is 0.493 e. The lowest BCUT2D eigenvalue weighted by Crippen LogP contribution is -2.45. The average Bonchev–Trinajstić information content (AvgIpc) is 3.33. The van der Waals surface area contributed by atoms with Crippen LogP contribution in [-0.4, -0.2) is 64.4 Å². The number of aromatic nitrogens is 2. The van der Waals surface area contributed by atoms with Gasteiger partial charge in [-0.25, -0.2) is 4.98 Å². The van der Waals surface area contributed by atoms with E-state index in [4.69, 9.17) is 4.74 Å². The monoisotopic (exact) mass is 458 g/mol. The Morgan fingerprint density at radius 3 is 2.62 bits per heavy atom. The molecule has 0 saturated carbocycles. The third-order valence-corrected chi connectivity index (χ3v) is 6.84. The summed E-state index contributed by atoms with van der Waals surface area (Å²) in [6.45, 7) is 3.01. The van der Waals surface area contributed by atoms with Crippen molar-refractivity contribution in [2.75, 3.05) is 32.8 Å². The SMILES string of the molecule is O=C(CCOc1ccccc1)N1CCC(C(=O)N2CC=C(c3c[nH]c4ncccc34)CC2)CC1. The fraction of sp³-hybridized carbons (Fsp3) is 0.370. The number of hydrogen-bond acceptors (Lipinski definition) is 4. The third-order valence-electron chi connectivity index (χ3n) is 6.84. The van der Waals surface area contributed by atoms with Gasteiger partial charge in [0.05, 0.1) is 13.0 Å². The maximum absolute atomic E-state index is 13.1. The third kappa shape index (κ3) is 4.83. The molecule has 4 heterocycles. The molecule has 0 spiro atoms. The molecule has 0 bridgehead atoms. The van der Waals surface area contributed by atoms with Crippen LogP contribution in [0.15, 0.2) is 60.9 Å². The number of nitrogens with zero attached hydrogens (tertiary/aromatic N) is 3. The molecule has 1 fully saturated rings. The molecule has 2 aromatic heterocycles. The number of piperidine rings is 1. The van der Waals surface area contributed by atoms with Crippen molar-refractivity contribution >= 4 is 28.4 Å². The summed E-state index contributed by atoms with van der Waals surface area (Å²) in [5.74, 6) is 1.09. The number of hydrogen-bond donors (Lipinski definition) is 1. The normalized spacial score (nSPS) is 17.0. The molecule has 34 heavy (non-hydrogen) atoms. The first-order valence-corrected chi connectivity index (χ1v) is 12.0. The van der Waals surface area contributed by atoms with Gasteiger partial charge in [-0.2, -0.15) is 0 Å². The maximum Gasteiger partial charge on any atom is 0.226 e. The Morgan fingerprint density at radius 2 is 1.85 bits per heavy atom. The minimum absolute atomic E-state index is 0.00291. The van der Waals surface area contributed by atoms with E-state index in [0.29, 0.717) is 32.7 Å². The zero-order chi connectivity index (χ0) is 23.3. The molecule has 7 nitrogen and oxygen atoms in total. The number of carbonyl (C=O) groups is 2. The fourth-order valence-electron chi connectivity index (χ4n) is 4.90. The van der Waals surface area contributed by atoms with Gasteiger partial charge in [0.1, 0.15) is 11.4 Å². The van der Waals surface area contributed by atoms with E-state index in [2.05, 4.69) is 22.1 Å². The van der Waals surface area contributed by atoms with Crippen LogP contribution in [0.25, 0.3) is 16.6 Å². The van der Waals surface area contributed by atoms with E-state index in [9.17, 15) is 9.59 Å². The van der Waals surface area contributed by atoms with Crippen molar-refractivity contribution in [1.29, 1.82) is 0 Å². The molecule has 1 saturated heterocycles. The van der Waals surface area contributed by atoms with E-state index in [1.54, 1.807) is 6.20 Å². The maximum atomic E-state index is 13.1. The fourth-order valence-corrected chi connectivity index (χ4v) is 4.90. The van der Waals surface area contributed by atoms with Crippen LogP contribution in [0.2, 0.25) is 0 Å². The van der Waals surface area contributed by atoms with Crippen molar-refractivity contribution in [1.82, 2.24) is 19.8 Å². The first-order chi connectivity index (χ1) is 16.7. The molecule has 5 rings (SSSR count). The number of nitrogens with one attached hydrogen (secondary N) is 1. The summed E-state index contributed by atoms with van der Waals surface area (Å²) in [5.41, 5.74) is 3.34. The molecule has 0 aliphatic carbocycles. The second kappa shape index (κ2) is 10.1. The van der Waals surface area contributed by atoms with Crippen LogP contribution in [-0.2, 0) is 9.59 Å². The highest BCUT2D eigenvalue weighted by atomic mass is 16.5. The number of carbonyl (C=O) groups excluding carboxylic acids is 2. The highest BCUT2D eigenvalue weighted by Gasteiger charge is 2.31. The van der Waals surface area contributed by atoms with Gasteiger partial charge in [0.2, 0.25) is 11.8 Å².